The molecule has 0 aliphatic heterocycles. The molecule has 2 rings (SSSR count). The molecule has 0 fully saturated rings. The number of hydrogen-bond donors (Lipinski definition) is 2. The van der Waals surface area contributed by atoms with Crippen molar-refractivity contribution in [1.29, 1.82) is 0 Å². The van der Waals surface area contributed by atoms with E-state index in [0.717, 1.165) is 48.9 Å². The Morgan fingerprint density at radius 2 is 1.50 bits per heavy atom. The SMILES string of the molecule is CCN(CC)c1cccc(Nc2ccc(N)cc2N(CC)CC)c1. The van der Waals surface area contributed by atoms with Crippen molar-refractivity contribution in [2.45, 2.75) is 27.7 Å². The zero-order chi connectivity index (χ0) is 17.5. The van der Waals surface area contributed by atoms with E-state index in [1.165, 1.54) is 5.69 Å². The first-order valence-electron chi connectivity index (χ1n) is 8.89. The van der Waals surface area contributed by atoms with Gasteiger partial charge >= 0.3 is 0 Å². The van der Waals surface area contributed by atoms with Gasteiger partial charge in [-0.15, -0.1) is 0 Å². The molecule has 0 unspecified atom stereocenters. The monoisotopic (exact) mass is 326 g/mol. The van der Waals surface area contributed by atoms with E-state index in [1.54, 1.807) is 0 Å². The molecule has 0 spiro atoms. The van der Waals surface area contributed by atoms with Gasteiger partial charge in [-0.3, -0.25) is 0 Å². The van der Waals surface area contributed by atoms with E-state index in [9.17, 15) is 0 Å². The van der Waals surface area contributed by atoms with Crippen molar-refractivity contribution in [3.05, 3.63) is 42.5 Å². The lowest BCUT2D eigenvalue weighted by atomic mass is 10.2. The summed E-state index contributed by atoms with van der Waals surface area (Å²) in [5.41, 5.74) is 11.4. The second-order valence-electron chi connectivity index (χ2n) is 5.80. The van der Waals surface area contributed by atoms with E-state index in [4.69, 9.17) is 5.73 Å². The summed E-state index contributed by atoms with van der Waals surface area (Å²) >= 11 is 0. The maximum absolute atomic E-state index is 6.01. The zero-order valence-electron chi connectivity index (χ0n) is 15.3. The Hall–Kier alpha value is -2.36. The van der Waals surface area contributed by atoms with Crippen LogP contribution in [0.25, 0.3) is 0 Å². The van der Waals surface area contributed by atoms with Gasteiger partial charge in [-0.1, -0.05) is 6.07 Å². The molecule has 0 bridgehead atoms. The summed E-state index contributed by atoms with van der Waals surface area (Å²) in [6, 6.07) is 14.6. The molecular formula is C20H30N4. The number of rotatable bonds is 8. The summed E-state index contributed by atoms with van der Waals surface area (Å²) < 4.78 is 0. The standard InChI is InChI=1S/C20H30N4/c1-5-23(6-2)18-11-9-10-17(15-18)22-19-13-12-16(21)14-20(19)24(7-3)8-4/h9-15,22H,5-8,21H2,1-4H3. The van der Waals surface area contributed by atoms with Crippen LogP contribution < -0.4 is 20.9 Å². The first kappa shape index (κ1) is 18.0. The van der Waals surface area contributed by atoms with Crippen LogP contribution in [0.3, 0.4) is 0 Å². The molecular weight excluding hydrogens is 296 g/mol. The number of nitrogens with two attached hydrogens (primary N) is 1. The van der Waals surface area contributed by atoms with Gasteiger partial charge in [0, 0.05) is 43.2 Å². The Bertz CT molecular complexity index is 646. The molecule has 0 saturated carbocycles. The molecule has 0 aromatic heterocycles. The summed E-state index contributed by atoms with van der Waals surface area (Å²) in [5.74, 6) is 0. The molecule has 130 valence electrons. The lowest BCUT2D eigenvalue weighted by Gasteiger charge is -2.26. The average Bonchev–Trinajstić information content (AvgIpc) is 2.60. The van der Waals surface area contributed by atoms with Crippen LogP contribution in [0.5, 0.6) is 0 Å². The highest BCUT2D eigenvalue weighted by Crippen LogP contribution is 2.32. The minimum atomic E-state index is 0.791. The smallest absolute Gasteiger partial charge is 0.0625 e. The van der Waals surface area contributed by atoms with Crippen LogP contribution in [0.4, 0.5) is 28.4 Å². The third kappa shape index (κ3) is 4.13. The van der Waals surface area contributed by atoms with Crippen LogP contribution in [0.1, 0.15) is 27.7 Å². The normalized spacial score (nSPS) is 10.5. The van der Waals surface area contributed by atoms with Crippen LogP contribution >= 0.6 is 0 Å². The highest BCUT2D eigenvalue weighted by atomic mass is 15.1. The van der Waals surface area contributed by atoms with Crippen molar-refractivity contribution in [3.63, 3.8) is 0 Å². The minimum Gasteiger partial charge on any atom is -0.399 e. The van der Waals surface area contributed by atoms with Crippen LogP contribution in [0, 0.1) is 0 Å². The molecule has 0 aliphatic carbocycles. The van der Waals surface area contributed by atoms with E-state index in [0.29, 0.717) is 0 Å². The Balaban J connectivity index is 2.33. The van der Waals surface area contributed by atoms with Crippen molar-refractivity contribution in [2.75, 3.05) is 47.0 Å². The lowest BCUT2D eigenvalue weighted by Crippen LogP contribution is -2.23. The van der Waals surface area contributed by atoms with Gasteiger partial charge in [-0.25, -0.2) is 0 Å². The summed E-state index contributed by atoms with van der Waals surface area (Å²) in [7, 11) is 0. The van der Waals surface area contributed by atoms with Crippen molar-refractivity contribution in [2.24, 2.45) is 0 Å². The van der Waals surface area contributed by atoms with Crippen molar-refractivity contribution in [1.82, 2.24) is 0 Å². The largest absolute Gasteiger partial charge is 0.399 e. The number of nitrogen functional groups attached to an aromatic ring is 1. The molecule has 2 aromatic rings. The van der Waals surface area contributed by atoms with Gasteiger partial charge in [0.15, 0.2) is 0 Å². The van der Waals surface area contributed by atoms with Gasteiger partial charge in [-0.05, 0) is 64.1 Å². The second-order valence-corrected chi connectivity index (χ2v) is 5.80. The molecule has 0 saturated heterocycles. The van der Waals surface area contributed by atoms with Crippen molar-refractivity contribution >= 4 is 28.4 Å². The van der Waals surface area contributed by atoms with E-state index >= 15 is 0 Å². The topological polar surface area (TPSA) is 44.5 Å². The van der Waals surface area contributed by atoms with E-state index in [-0.39, 0.29) is 0 Å². The summed E-state index contributed by atoms with van der Waals surface area (Å²) in [6.07, 6.45) is 0. The molecule has 0 atom stereocenters. The van der Waals surface area contributed by atoms with E-state index in [1.807, 2.05) is 12.1 Å². The number of nitrogens with zero attached hydrogens (tertiary/aromatic N) is 2. The molecule has 0 heterocycles. The van der Waals surface area contributed by atoms with Gasteiger partial charge in [0.05, 0.1) is 11.4 Å². The molecule has 0 radical (unpaired) electrons. The first-order valence-corrected chi connectivity index (χ1v) is 8.89. The lowest BCUT2D eigenvalue weighted by molar-refractivity contribution is 0.866. The molecule has 0 aliphatic rings. The third-order valence-electron chi connectivity index (χ3n) is 4.38. The minimum absolute atomic E-state index is 0.791. The number of benzene rings is 2. The van der Waals surface area contributed by atoms with Gasteiger partial charge in [0.1, 0.15) is 0 Å². The van der Waals surface area contributed by atoms with Gasteiger partial charge < -0.3 is 20.9 Å². The van der Waals surface area contributed by atoms with Crippen LogP contribution in [-0.2, 0) is 0 Å². The highest BCUT2D eigenvalue weighted by molar-refractivity contribution is 5.79. The Morgan fingerprint density at radius 1 is 0.833 bits per heavy atom. The number of hydrogen-bond acceptors (Lipinski definition) is 4. The van der Waals surface area contributed by atoms with Crippen molar-refractivity contribution in [3.8, 4) is 0 Å². The van der Waals surface area contributed by atoms with Crippen LogP contribution in [0.2, 0.25) is 0 Å². The van der Waals surface area contributed by atoms with Crippen LogP contribution in [-0.4, -0.2) is 26.2 Å². The summed E-state index contributed by atoms with van der Waals surface area (Å²) in [4.78, 5) is 4.66. The fraction of sp³-hybridized carbons (Fsp3) is 0.400. The number of nitrogens with one attached hydrogen (secondary N) is 1. The van der Waals surface area contributed by atoms with Gasteiger partial charge in [-0.2, -0.15) is 0 Å². The highest BCUT2D eigenvalue weighted by Gasteiger charge is 2.10. The quantitative estimate of drug-likeness (QED) is 0.690. The molecule has 4 heteroatoms. The number of anilines is 5. The predicted molar refractivity (Wildman–Crippen MR) is 108 cm³/mol. The fourth-order valence-corrected chi connectivity index (χ4v) is 3.00. The Morgan fingerprint density at radius 3 is 2.12 bits per heavy atom. The van der Waals surface area contributed by atoms with Gasteiger partial charge in [0.25, 0.3) is 0 Å². The van der Waals surface area contributed by atoms with Crippen molar-refractivity contribution < 1.29 is 0 Å². The third-order valence-corrected chi connectivity index (χ3v) is 4.38. The molecule has 4 nitrogen and oxygen atoms in total. The maximum atomic E-state index is 6.01. The van der Waals surface area contributed by atoms with Crippen LogP contribution in [0.15, 0.2) is 42.5 Å². The second kappa shape index (κ2) is 8.48. The molecule has 0 amide bonds. The molecule has 3 N–H and O–H groups in total. The summed E-state index contributed by atoms with van der Waals surface area (Å²) in [5, 5.41) is 3.57. The predicted octanol–water partition coefficient (Wildman–Crippen LogP) is 4.70. The average molecular weight is 326 g/mol. The zero-order valence-corrected chi connectivity index (χ0v) is 15.3. The fourth-order valence-electron chi connectivity index (χ4n) is 3.00. The maximum Gasteiger partial charge on any atom is 0.0625 e. The molecule has 24 heavy (non-hydrogen) atoms. The molecule has 2 aromatic carbocycles. The Labute approximate surface area is 146 Å². The van der Waals surface area contributed by atoms with E-state index < -0.39 is 0 Å². The first-order chi connectivity index (χ1) is 11.6. The van der Waals surface area contributed by atoms with Gasteiger partial charge in [0.2, 0.25) is 0 Å². The summed E-state index contributed by atoms with van der Waals surface area (Å²) in [6.45, 7) is 12.6. The Kier molecular flexibility index (Phi) is 6.36. The van der Waals surface area contributed by atoms with E-state index in [2.05, 4.69) is 73.1 Å².